The fourth-order valence-electron chi connectivity index (χ4n) is 3.04. The Morgan fingerprint density at radius 3 is 2.87 bits per heavy atom. The molecule has 9 nitrogen and oxygen atoms in total. The minimum atomic E-state index is -0.793. The molecule has 30 heavy (non-hydrogen) atoms. The Hall–Kier alpha value is -2.92. The van der Waals surface area contributed by atoms with Gasteiger partial charge in [0.25, 0.3) is 5.69 Å². The lowest BCUT2D eigenvalue weighted by atomic mass is 10.1. The van der Waals surface area contributed by atoms with Crippen molar-refractivity contribution in [1.29, 1.82) is 0 Å². The molecule has 0 saturated heterocycles. The molecule has 3 aromatic rings. The largest absolute Gasteiger partial charge is 0.493 e. The molecule has 0 saturated carbocycles. The van der Waals surface area contributed by atoms with Crippen LogP contribution in [0, 0.1) is 10.1 Å². The first-order chi connectivity index (χ1) is 14.5. The molecular weight excluding hydrogens is 474 g/mol. The summed E-state index contributed by atoms with van der Waals surface area (Å²) in [6.07, 6.45) is 1.05. The molecule has 0 bridgehead atoms. The quantitative estimate of drug-likeness (QED) is 0.305. The van der Waals surface area contributed by atoms with Crippen molar-refractivity contribution in [3.8, 4) is 22.9 Å². The van der Waals surface area contributed by atoms with Gasteiger partial charge in [0, 0.05) is 27.9 Å². The average molecular weight is 490 g/mol. The Morgan fingerprint density at radius 2 is 2.13 bits per heavy atom. The van der Waals surface area contributed by atoms with E-state index in [0.29, 0.717) is 28.8 Å². The summed E-state index contributed by atoms with van der Waals surface area (Å²) < 4.78 is 12.7. The normalized spacial score (nSPS) is 14.6. The van der Waals surface area contributed by atoms with Crippen LogP contribution in [0.2, 0.25) is 0 Å². The first-order valence-corrected chi connectivity index (χ1v) is 10.9. The molecule has 0 fully saturated rings. The highest BCUT2D eigenvalue weighted by Crippen LogP contribution is 2.42. The van der Waals surface area contributed by atoms with Gasteiger partial charge in [-0.2, -0.15) is 4.98 Å². The molecule has 0 unspecified atom stereocenters. The maximum atomic E-state index is 11.4. The van der Waals surface area contributed by atoms with Crippen LogP contribution in [0.4, 0.5) is 11.4 Å². The number of nitrogens with zero attached hydrogens (tertiary/aromatic N) is 4. The van der Waals surface area contributed by atoms with Gasteiger partial charge in [-0.05, 0) is 37.4 Å². The van der Waals surface area contributed by atoms with Crippen LogP contribution in [0.5, 0.6) is 11.6 Å². The number of hydrogen-bond donors (Lipinski definition) is 1. The molecule has 1 aliphatic rings. The van der Waals surface area contributed by atoms with Crippen molar-refractivity contribution < 1.29 is 14.4 Å². The van der Waals surface area contributed by atoms with Gasteiger partial charge in [-0.25, -0.2) is 0 Å². The number of halogens is 1. The minimum Gasteiger partial charge on any atom is -0.493 e. The van der Waals surface area contributed by atoms with E-state index in [0.717, 1.165) is 15.7 Å². The number of nitro benzene ring substituents is 1. The second kappa shape index (κ2) is 8.44. The predicted molar refractivity (Wildman–Crippen MR) is 116 cm³/mol. The van der Waals surface area contributed by atoms with Crippen LogP contribution in [-0.2, 0) is 0 Å². The summed E-state index contributed by atoms with van der Waals surface area (Å²) in [7, 11) is 0. The molecule has 0 aliphatic carbocycles. The number of rotatable bonds is 5. The van der Waals surface area contributed by atoms with Crippen LogP contribution in [0.25, 0.3) is 11.3 Å². The molecule has 1 aromatic heterocycles. The topological polar surface area (TPSA) is 112 Å². The minimum absolute atomic E-state index is 0.0648. The monoisotopic (exact) mass is 489 g/mol. The smallest absolute Gasteiger partial charge is 0.270 e. The molecule has 0 spiro atoms. The molecule has 154 valence electrons. The van der Waals surface area contributed by atoms with Gasteiger partial charge in [-0.15, -0.1) is 10.2 Å². The van der Waals surface area contributed by atoms with E-state index in [1.807, 2.05) is 31.4 Å². The first-order valence-electron chi connectivity index (χ1n) is 8.93. The molecule has 1 N–H and O–H groups in total. The van der Waals surface area contributed by atoms with E-state index >= 15 is 0 Å². The highest BCUT2D eigenvalue weighted by molar-refractivity contribution is 9.10. The molecule has 0 amide bonds. The number of thioether (sulfide) groups is 1. The van der Waals surface area contributed by atoms with Crippen LogP contribution in [0.15, 0.2) is 46.0 Å². The summed E-state index contributed by atoms with van der Waals surface area (Å²) in [5.41, 5.74) is 2.37. The Kier molecular flexibility index (Phi) is 5.73. The van der Waals surface area contributed by atoms with Gasteiger partial charge in [0.2, 0.25) is 17.3 Å². The van der Waals surface area contributed by atoms with Crippen molar-refractivity contribution in [2.24, 2.45) is 0 Å². The van der Waals surface area contributed by atoms with Crippen molar-refractivity contribution in [1.82, 2.24) is 15.2 Å². The summed E-state index contributed by atoms with van der Waals surface area (Å²) in [6, 6.07) is 10.0. The molecular formula is C19H16BrN5O4S. The zero-order chi connectivity index (χ0) is 21.3. The Bertz CT molecular complexity index is 1130. The summed E-state index contributed by atoms with van der Waals surface area (Å²) >= 11 is 4.82. The van der Waals surface area contributed by atoms with E-state index in [1.54, 1.807) is 6.07 Å². The number of non-ortho nitro benzene ring substituents is 1. The number of aromatic nitrogens is 3. The number of ether oxygens (including phenoxy) is 2. The third-order valence-corrected chi connectivity index (χ3v) is 5.39. The van der Waals surface area contributed by atoms with Gasteiger partial charge in [-0.3, -0.25) is 10.1 Å². The third-order valence-electron chi connectivity index (χ3n) is 4.36. The Labute approximate surface area is 184 Å². The van der Waals surface area contributed by atoms with Crippen molar-refractivity contribution >= 4 is 39.1 Å². The fourth-order valence-corrected chi connectivity index (χ4v) is 3.70. The molecule has 0 radical (unpaired) electrons. The Balaban J connectivity index is 1.89. The molecule has 4 rings (SSSR count). The van der Waals surface area contributed by atoms with Gasteiger partial charge >= 0.3 is 0 Å². The second-order valence-corrected chi connectivity index (χ2v) is 7.89. The highest BCUT2D eigenvalue weighted by atomic mass is 79.9. The average Bonchev–Trinajstić information content (AvgIpc) is 2.90. The third kappa shape index (κ3) is 3.90. The number of fused-ring (bicyclic) bond motifs is 3. The van der Waals surface area contributed by atoms with E-state index in [2.05, 4.69) is 36.4 Å². The van der Waals surface area contributed by atoms with Crippen molar-refractivity contribution in [2.45, 2.75) is 18.3 Å². The van der Waals surface area contributed by atoms with Gasteiger partial charge in [-0.1, -0.05) is 27.7 Å². The SMILES string of the molecule is CCOc1ccc([N+](=O)[O-])cc1[C@@H]1Nc2ccc(Br)cc2-c2nnc(SC)nc2O1. The van der Waals surface area contributed by atoms with Crippen molar-refractivity contribution in [3.63, 3.8) is 0 Å². The van der Waals surface area contributed by atoms with Crippen LogP contribution in [0.1, 0.15) is 18.7 Å². The van der Waals surface area contributed by atoms with E-state index in [-0.39, 0.29) is 11.6 Å². The number of anilines is 1. The lowest BCUT2D eigenvalue weighted by Crippen LogP contribution is -2.18. The fraction of sp³-hybridized carbons (Fsp3) is 0.211. The molecule has 11 heteroatoms. The number of nitrogens with one attached hydrogen (secondary N) is 1. The van der Waals surface area contributed by atoms with E-state index < -0.39 is 11.2 Å². The lowest BCUT2D eigenvalue weighted by Gasteiger charge is -2.21. The zero-order valence-electron chi connectivity index (χ0n) is 16.0. The maximum Gasteiger partial charge on any atom is 0.270 e. The van der Waals surface area contributed by atoms with Crippen molar-refractivity contribution in [3.05, 3.63) is 56.5 Å². The second-order valence-electron chi connectivity index (χ2n) is 6.20. The highest BCUT2D eigenvalue weighted by Gasteiger charge is 2.29. The van der Waals surface area contributed by atoms with E-state index in [4.69, 9.17) is 9.47 Å². The van der Waals surface area contributed by atoms with Crippen molar-refractivity contribution in [2.75, 3.05) is 18.2 Å². The van der Waals surface area contributed by atoms with Gasteiger partial charge in [0.15, 0.2) is 5.69 Å². The van der Waals surface area contributed by atoms with Crippen LogP contribution < -0.4 is 14.8 Å². The van der Waals surface area contributed by atoms with E-state index in [1.165, 1.54) is 23.9 Å². The van der Waals surface area contributed by atoms with Crippen LogP contribution >= 0.6 is 27.7 Å². The Morgan fingerprint density at radius 1 is 1.30 bits per heavy atom. The summed E-state index contributed by atoms with van der Waals surface area (Å²) in [5, 5.41) is 23.5. The van der Waals surface area contributed by atoms with Crippen LogP contribution in [-0.4, -0.2) is 33.0 Å². The standard InChI is InChI=1S/C19H16BrN5O4S/c1-3-28-15-7-5-11(25(26)27)9-13(15)17-21-14-6-4-10(20)8-12(14)16-18(29-17)22-19(30-2)24-23-16/h4-9,17,21H,3H2,1-2H3/t17-/m1/s1. The van der Waals surface area contributed by atoms with Gasteiger partial charge < -0.3 is 14.8 Å². The van der Waals surface area contributed by atoms with Gasteiger partial charge in [0.05, 0.1) is 17.1 Å². The number of nitro groups is 1. The van der Waals surface area contributed by atoms with E-state index in [9.17, 15) is 10.1 Å². The van der Waals surface area contributed by atoms with Gasteiger partial charge in [0.1, 0.15) is 5.75 Å². The summed E-state index contributed by atoms with van der Waals surface area (Å²) in [6.45, 7) is 2.24. The molecule has 2 aromatic carbocycles. The van der Waals surface area contributed by atoms with Crippen LogP contribution in [0.3, 0.4) is 0 Å². The molecule has 1 aliphatic heterocycles. The lowest BCUT2D eigenvalue weighted by molar-refractivity contribution is -0.385. The summed E-state index contributed by atoms with van der Waals surface area (Å²) in [5.74, 6) is 0.757. The maximum absolute atomic E-state index is 11.4. The molecule has 1 atom stereocenters. The number of hydrogen-bond acceptors (Lipinski definition) is 9. The molecule has 2 heterocycles. The first kappa shape index (κ1) is 20.4. The summed E-state index contributed by atoms with van der Waals surface area (Å²) in [4.78, 5) is 15.4. The zero-order valence-corrected chi connectivity index (χ0v) is 18.4. The predicted octanol–water partition coefficient (Wildman–Crippen LogP) is 4.83. The number of benzene rings is 2.